The first kappa shape index (κ1) is 23.6. The fraction of sp³-hybridized carbons (Fsp3) is 0.130. The van der Waals surface area contributed by atoms with Crippen LogP contribution in [0.3, 0.4) is 0 Å². The summed E-state index contributed by atoms with van der Waals surface area (Å²) in [5.41, 5.74) is 1.06. The zero-order chi connectivity index (χ0) is 24.0. The van der Waals surface area contributed by atoms with E-state index in [-0.39, 0.29) is 33.6 Å². The van der Waals surface area contributed by atoms with Crippen molar-refractivity contribution in [2.24, 2.45) is 0 Å². The second kappa shape index (κ2) is 10.0. The van der Waals surface area contributed by atoms with Gasteiger partial charge in [0.05, 0.1) is 43.2 Å². The highest BCUT2D eigenvalue weighted by Crippen LogP contribution is 2.37. The summed E-state index contributed by atoms with van der Waals surface area (Å²) in [6.07, 6.45) is 0. The zero-order valence-electron chi connectivity index (χ0n) is 18.1. The fourth-order valence-corrected chi connectivity index (χ4v) is 4.01. The summed E-state index contributed by atoms with van der Waals surface area (Å²) in [5, 5.41) is 2.73. The van der Waals surface area contributed by atoms with Gasteiger partial charge in [-0.15, -0.1) is 0 Å². The second-order valence-electron chi connectivity index (χ2n) is 6.69. The first-order valence-electron chi connectivity index (χ1n) is 9.62. The summed E-state index contributed by atoms with van der Waals surface area (Å²) in [7, 11) is -0.0265. The van der Waals surface area contributed by atoms with Gasteiger partial charge in [0.25, 0.3) is 15.9 Å². The van der Waals surface area contributed by atoms with Crippen molar-refractivity contribution in [3.8, 4) is 11.5 Å². The maximum Gasteiger partial charge on any atom is 0.337 e. The summed E-state index contributed by atoms with van der Waals surface area (Å²) in [5.74, 6) is -0.561. The predicted octanol–water partition coefficient (Wildman–Crippen LogP) is 3.54. The molecule has 9 nitrogen and oxygen atoms in total. The summed E-state index contributed by atoms with van der Waals surface area (Å²) in [6, 6.07) is 16.7. The molecule has 10 heteroatoms. The molecule has 172 valence electrons. The lowest BCUT2D eigenvalue weighted by molar-refractivity contribution is 0.0600. The Kier molecular flexibility index (Phi) is 7.19. The van der Waals surface area contributed by atoms with E-state index < -0.39 is 16.0 Å². The van der Waals surface area contributed by atoms with E-state index in [4.69, 9.17) is 9.47 Å². The zero-order valence-corrected chi connectivity index (χ0v) is 18.9. The molecule has 3 aromatic rings. The highest BCUT2D eigenvalue weighted by Gasteiger charge is 2.20. The van der Waals surface area contributed by atoms with E-state index >= 15 is 0 Å². The molecule has 3 aromatic carbocycles. The van der Waals surface area contributed by atoms with Crippen LogP contribution in [0.5, 0.6) is 11.5 Å². The number of benzene rings is 3. The topological polar surface area (TPSA) is 120 Å². The Morgan fingerprint density at radius 1 is 0.758 bits per heavy atom. The molecule has 0 aliphatic rings. The van der Waals surface area contributed by atoms with Gasteiger partial charge in [-0.2, -0.15) is 0 Å². The van der Waals surface area contributed by atoms with Crippen LogP contribution in [-0.4, -0.2) is 41.6 Å². The van der Waals surface area contributed by atoms with Crippen LogP contribution in [0, 0.1) is 0 Å². The Labute approximate surface area is 191 Å². The molecular weight excluding hydrogens is 448 g/mol. The molecule has 0 bridgehead atoms. The lowest BCUT2D eigenvalue weighted by Crippen LogP contribution is -2.15. The van der Waals surface area contributed by atoms with Crippen LogP contribution in [0.15, 0.2) is 71.6 Å². The van der Waals surface area contributed by atoms with Gasteiger partial charge in [0.1, 0.15) is 11.5 Å². The van der Waals surface area contributed by atoms with Crippen molar-refractivity contribution in [1.82, 2.24) is 0 Å². The van der Waals surface area contributed by atoms with Crippen LogP contribution < -0.4 is 19.5 Å². The number of methoxy groups -OCH3 is 3. The third kappa shape index (κ3) is 5.42. The van der Waals surface area contributed by atoms with E-state index in [9.17, 15) is 18.0 Å². The average Bonchev–Trinajstić information content (AvgIpc) is 2.84. The first-order valence-corrected chi connectivity index (χ1v) is 11.1. The quantitative estimate of drug-likeness (QED) is 0.483. The van der Waals surface area contributed by atoms with E-state index in [1.165, 1.54) is 57.7 Å². The van der Waals surface area contributed by atoms with Crippen molar-refractivity contribution < 1.29 is 32.2 Å². The van der Waals surface area contributed by atoms with Crippen LogP contribution in [-0.2, 0) is 14.8 Å². The largest absolute Gasteiger partial charge is 0.494 e. The third-order valence-electron chi connectivity index (χ3n) is 4.64. The molecule has 3 rings (SSSR count). The van der Waals surface area contributed by atoms with Gasteiger partial charge in [-0.05, 0) is 36.4 Å². The summed E-state index contributed by atoms with van der Waals surface area (Å²) < 4.78 is 43.5. The van der Waals surface area contributed by atoms with Crippen LogP contribution in [0.2, 0.25) is 0 Å². The Morgan fingerprint density at radius 2 is 1.33 bits per heavy atom. The van der Waals surface area contributed by atoms with Crippen LogP contribution in [0.25, 0.3) is 0 Å². The number of nitrogens with one attached hydrogen (secondary N) is 2. The highest BCUT2D eigenvalue weighted by molar-refractivity contribution is 7.92. The molecule has 0 saturated carbocycles. The molecule has 2 N–H and O–H groups in total. The Bertz CT molecular complexity index is 1260. The lowest BCUT2D eigenvalue weighted by atomic mass is 10.2. The molecule has 0 spiro atoms. The van der Waals surface area contributed by atoms with Crippen LogP contribution in [0.1, 0.15) is 20.7 Å². The maximum absolute atomic E-state index is 12.9. The van der Waals surface area contributed by atoms with E-state index in [1.54, 1.807) is 30.3 Å². The predicted molar refractivity (Wildman–Crippen MR) is 123 cm³/mol. The SMILES string of the molecule is COC(=O)c1ccc(S(=O)(=O)Nc2cc(OC)c(NC(=O)c3ccccc3)cc2OC)cc1. The summed E-state index contributed by atoms with van der Waals surface area (Å²) >= 11 is 0. The second-order valence-corrected chi connectivity index (χ2v) is 8.38. The van der Waals surface area contributed by atoms with Crippen molar-refractivity contribution in [3.05, 3.63) is 77.9 Å². The van der Waals surface area contributed by atoms with Crippen molar-refractivity contribution in [1.29, 1.82) is 0 Å². The number of amides is 1. The van der Waals surface area contributed by atoms with Gasteiger partial charge in [0.15, 0.2) is 0 Å². The minimum Gasteiger partial charge on any atom is -0.494 e. The molecule has 0 unspecified atom stereocenters. The number of carbonyl (C=O) groups is 2. The van der Waals surface area contributed by atoms with Gasteiger partial charge in [-0.3, -0.25) is 9.52 Å². The average molecular weight is 471 g/mol. The smallest absolute Gasteiger partial charge is 0.337 e. The molecule has 0 fully saturated rings. The van der Waals surface area contributed by atoms with Gasteiger partial charge < -0.3 is 19.5 Å². The number of hydrogen-bond donors (Lipinski definition) is 2. The van der Waals surface area contributed by atoms with Crippen molar-refractivity contribution in [2.45, 2.75) is 4.90 Å². The van der Waals surface area contributed by atoms with Gasteiger partial charge in [0.2, 0.25) is 0 Å². The Morgan fingerprint density at radius 3 is 1.91 bits per heavy atom. The van der Waals surface area contributed by atoms with E-state index in [2.05, 4.69) is 14.8 Å². The molecule has 0 radical (unpaired) electrons. The maximum atomic E-state index is 12.9. The fourth-order valence-electron chi connectivity index (χ4n) is 2.95. The minimum absolute atomic E-state index is 0.0716. The number of ether oxygens (including phenoxy) is 3. The molecule has 0 aliphatic heterocycles. The number of carbonyl (C=O) groups excluding carboxylic acids is 2. The van der Waals surface area contributed by atoms with E-state index in [0.717, 1.165) is 0 Å². The molecule has 0 saturated heterocycles. The Hall–Kier alpha value is -4.05. The molecule has 0 aliphatic carbocycles. The monoisotopic (exact) mass is 470 g/mol. The molecule has 0 aromatic heterocycles. The molecule has 0 atom stereocenters. The van der Waals surface area contributed by atoms with Crippen molar-refractivity contribution >= 4 is 33.3 Å². The number of anilines is 2. The van der Waals surface area contributed by atoms with Gasteiger partial charge in [-0.25, -0.2) is 13.2 Å². The van der Waals surface area contributed by atoms with Crippen molar-refractivity contribution in [2.75, 3.05) is 31.4 Å². The van der Waals surface area contributed by atoms with E-state index in [1.807, 2.05) is 0 Å². The number of sulfonamides is 1. The van der Waals surface area contributed by atoms with Gasteiger partial charge >= 0.3 is 5.97 Å². The third-order valence-corrected chi connectivity index (χ3v) is 6.02. The van der Waals surface area contributed by atoms with Gasteiger partial charge in [0, 0.05) is 17.7 Å². The summed E-state index contributed by atoms with van der Waals surface area (Å²) in [6.45, 7) is 0. The number of rotatable bonds is 8. The lowest BCUT2D eigenvalue weighted by Gasteiger charge is -2.17. The molecule has 1 amide bonds. The van der Waals surface area contributed by atoms with Crippen LogP contribution in [0.4, 0.5) is 11.4 Å². The molecule has 0 heterocycles. The van der Waals surface area contributed by atoms with Crippen LogP contribution >= 0.6 is 0 Å². The number of esters is 1. The number of hydrogen-bond acceptors (Lipinski definition) is 7. The molecular formula is C23H22N2O7S. The van der Waals surface area contributed by atoms with E-state index in [0.29, 0.717) is 11.3 Å². The minimum atomic E-state index is -4.02. The molecule has 33 heavy (non-hydrogen) atoms. The normalized spacial score (nSPS) is 10.8. The first-order chi connectivity index (χ1) is 15.8. The van der Waals surface area contributed by atoms with Crippen molar-refractivity contribution in [3.63, 3.8) is 0 Å². The Balaban J connectivity index is 1.90. The summed E-state index contributed by atoms with van der Waals surface area (Å²) in [4.78, 5) is 24.0. The standard InChI is InChI=1S/C23H22N2O7S/c1-30-20-14-19(25-33(28,29)17-11-9-16(10-12-17)23(27)32-3)21(31-2)13-18(20)24-22(26)15-7-5-4-6-8-15/h4-14,25H,1-3H3,(H,24,26). The highest BCUT2D eigenvalue weighted by atomic mass is 32.2. The van der Waals surface area contributed by atoms with Gasteiger partial charge in [-0.1, -0.05) is 18.2 Å².